The summed E-state index contributed by atoms with van der Waals surface area (Å²) in [6.45, 7) is -0.556. The lowest BCUT2D eigenvalue weighted by atomic mass is 10.0. The van der Waals surface area contributed by atoms with E-state index in [-0.39, 0.29) is 43.3 Å². The number of nitrogens with one attached hydrogen (secondary N) is 2. The van der Waals surface area contributed by atoms with Crippen molar-refractivity contribution in [3.8, 4) is 5.75 Å². The highest BCUT2D eigenvalue weighted by Crippen LogP contribution is 2.27. The zero-order valence-corrected chi connectivity index (χ0v) is 22.2. The van der Waals surface area contributed by atoms with Crippen LogP contribution in [0.1, 0.15) is 44.1 Å². The lowest BCUT2D eigenvalue weighted by molar-refractivity contribution is -0.274. The Morgan fingerprint density at radius 1 is 1.24 bits per heavy atom. The number of aryl methyl sites for hydroxylation is 1. The van der Waals surface area contributed by atoms with Crippen molar-refractivity contribution in [3.63, 3.8) is 0 Å². The Balaban J connectivity index is 1.42. The van der Waals surface area contributed by atoms with E-state index in [1.165, 1.54) is 24.4 Å². The molecule has 15 heteroatoms. The maximum Gasteiger partial charge on any atom is 0.573 e. The number of ether oxygens (including phenoxy) is 1. The summed E-state index contributed by atoms with van der Waals surface area (Å²) in [5.41, 5.74) is 5.44. The van der Waals surface area contributed by atoms with Crippen LogP contribution in [0.5, 0.6) is 5.75 Å². The summed E-state index contributed by atoms with van der Waals surface area (Å²) in [6.07, 6.45) is 0.554. The van der Waals surface area contributed by atoms with Crippen LogP contribution in [0.15, 0.2) is 53.2 Å². The van der Waals surface area contributed by atoms with Crippen LogP contribution < -0.4 is 32.5 Å². The van der Waals surface area contributed by atoms with E-state index < -0.39 is 29.7 Å². The second-order valence-corrected chi connectivity index (χ2v) is 9.75. The Hall–Kier alpha value is -4.14. The molecule has 3 rings (SSSR count). The number of aromatic nitrogens is 2. The first-order valence-electron chi connectivity index (χ1n) is 13.0. The summed E-state index contributed by atoms with van der Waals surface area (Å²) in [6, 6.07) is 6.26. The number of benzene rings is 1. The molecule has 11 nitrogen and oxygen atoms in total. The van der Waals surface area contributed by atoms with Crippen LogP contribution in [0.2, 0.25) is 0 Å². The minimum absolute atomic E-state index is 0.0546. The fraction of sp³-hybridized carbons (Fsp3) is 0.462. The van der Waals surface area contributed by atoms with Gasteiger partial charge < -0.3 is 26.1 Å². The molecule has 0 saturated heterocycles. The first-order chi connectivity index (χ1) is 19.4. The number of carbonyl (C=O) groups is 2. The van der Waals surface area contributed by atoms with Gasteiger partial charge in [-0.2, -0.15) is 5.10 Å². The molecule has 2 aromatic rings. The van der Waals surface area contributed by atoms with Crippen molar-refractivity contribution in [1.82, 2.24) is 20.1 Å². The molecule has 0 spiro atoms. The number of alkyl halides is 4. The van der Waals surface area contributed by atoms with Crippen molar-refractivity contribution >= 4 is 17.5 Å². The average Bonchev–Trinajstić information content (AvgIpc) is 3.38. The van der Waals surface area contributed by atoms with E-state index in [2.05, 4.69) is 20.5 Å². The molecule has 1 heterocycles. The molecule has 1 fully saturated rings. The number of hydrazine groups is 1. The first kappa shape index (κ1) is 31.4. The number of rotatable bonds is 13. The van der Waals surface area contributed by atoms with E-state index in [1.807, 2.05) is 0 Å². The normalized spacial score (nSPS) is 14.9. The van der Waals surface area contributed by atoms with Gasteiger partial charge in [0.15, 0.2) is 0 Å². The van der Waals surface area contributed by atoms with E-state index >= 15 is 0 Å². The Bertz CT molecular complexity index is 1280. The van der Waals surface area contributed by atoms with Gasteiger partial charge in [-0.3, -0.25) is 14.4 Å². The number of halogens is 4. The third kappa shape index (κ3) is 11.1. The van der Waals surface area contributed by atoms with E-state index in [0.717, 1.165) is 53.7 Å². The zero-order chi connectivity index (χ0) is 30.0. The standard InChI is InChI=1S/C26H33F4N7O4/c27-19(8-9-37-24(39)12-20(14-34-37)35-23(38)11-17-4-1-2-5-17)15-36(32)16-22(31)25(40)33-13-18-6-3-7-21(10-18)41-26(28,29)30/h3,6-7,10,12,14,16-17,19H,1-2,4-5,8-9,11,13,15,31-32H2,(H,33,40)(H,35,38)/b22-16-. The van der Waals surface area contributed by atoms with Gasteiger partial charge in [-0.15, -0.1) is 13.2 Å². The fourth-order valence-electron chi connectivity index (χ4n) is 4.37. The highest BCUT2D eigenvalue weighted by molar-refractivity contribution is 5.92. The average molecular weight is 584 g/mol. The fourth-order valence-corrected chi connectivity index (χ4v) is 4.37. The molecule has 224 valence electrons. The van der Waals surface area contributed by atoms with Crippen LogP contribution in [0, 0.1) is 5.92 Å². The minimum Gasteiger partial charge on any atom is -0.406 e. The molecule has 6 N–H and O–H groups in total. The summed E-state index contributed by atoms with van der Waals surface area (Å²) in [7, 11) is 0. The van der Waals surface area contributed by atoms with Gasteiger partial charge in [0.05, 0.1) is 18.4 Å². The van der Waals surface area contributed by atoms with Crippen molar-refractivity contribution in [2.24, 2.45) is 17.5 Å². The van der Waals surface area contributed by atoms with Crippen LogP contribution >= 0.6 is 0 Å². The number of hydrogen-bond donors (Lipinski definition) is 4. The van der Waals surface area contributed by atoms with Crippen molar-refractivity contribution in [2.75, 3.05) is 11.9 Å². The second kappa shape index (κ2) is 14.5. The molecule has 1 aromatic heterocycles. The molecule has 0 bridgehead atoms. The van der Waals surface area contributed by atoms with Gasteiger partial charge in [-0.25, -0.2) is 14.9 Å². The summed E-state index contributed by atoms with van der Waals surface area (Å²) >= 11 is 0. The molecule has 1 aliphatic carbocycles. The topological polar surface area (TPSA) is 158 Å². The van der Waals surface area contributed by atoms with Crippen LogP contribution in [-0.2, 0) is 22.7 Å². The Morgan fingerprint density at radius 3 is 2.66 bits per heavy atom. The number of carbonyl (C=O) groups excluding carboxylic acids is 2. The lowest BCUT2D eigenvalue weighted by Crippen LogP contribution is -2.36. The number of nitrogens with two attached hydrogens (primary N) is 2. The highest BCUT2D eigenvalue weighted by atomic mass is 19.4. The van der Waals surface area contributed by atoms with Gasteiger partial charge in [0.2, 0.25) is 5.91 Å². The largest absolute Gasteiger partial charge is 0.573 e. The smallest absolute Gasteiger partial charge is 0.406 e. The number of nitrogens with zero attached hydrogens (tertiary/aromatic N) is 3. The van der Waals surface area contributed by atoms with E-state index in [1.54, 1.807) is 0 Å². The Morgan fingerprint density at radius 2 is 1.98 bits per heavy atom. The molecule has 0 aliphatic heterocycles. The molecule has 1 unspecified atom stereocenters. The minimum atomic E-state index is -4.85. The SMILES string of the molecule is N/C(=C\N(N)CC(F)CCn1ncc(NC(=O)CC2CCCC2)cc1=O)C(=O)NCc1cccc(OC(F)(F)F)c1. The third-order valence-corrected chi connectivity index (χ3v) is 6.32. The third-order valence-electron chi connectivity index (χ3n) is 6.32. The van der Waals surface area contributed by atoms with E-state index in [4.69, 9.17) is 11.6 Å². The molecule has 1 aliphatic rings. The molecule has 2 amide bonds. The van der Waals surface area contributed by atoms with Crippen molar-refractivity contribution in [1.29, 1.82) is 0 Å². The molecule has 1 saturated carbocycles. The predicted molar refractivity (Wildman–Crippen MR) is 141 cm³/mol. The maximum atomic E-state index is 14.5. The van der Waals surface area contributed by atoms with E-state index in [9.17, 15) is 31.9 Å². The summed E-state index contributed by atoms with van der Waals surface area (Å²) < 4.78 is 56.5. The second-order valence-electron chi connectivity index (χ2n) is 9.75. The van der Waals surface area contributed by atoms with Crippen LogP contribution in [0.25, 0.3) is 0 Å². The number of hydrogen-bond acceptors (Lipinski definition) is 8. The molecule has 41 heavy (non-hydrogen) atoms. The van der Waals surface area contributed by atoms with Crippen LogP contribution in [0.4, 0.5) is 23.2 Å². The lowest BCUT2D eigenvalue weighted by Gasteiger charge is -2.18. The van der Waals surface area contributed by atoms with Gasteiger partial charge in [0.25, 0.3) is 11.5 Å². The molecule has 0 radical (unpaired) electrons. The predicted octanol–water partition coefficient (Wildman–Crippen LogP) is 2.68. The van der Waals surface area contributed by atoms with E-state index in [0.29, 0.717) is 17.9 Å². The van der Waals surface area contributed by atoms with Crippen molar-refractivity contribution < 1.29 is 31.9 Å². The van der Waals surface area contributed by atoms with Gasteiger partial charge in [-0.1, -0.05) is 25.0 Å². The summed E-state index contributed by atoms with van der Waals surface area (Å²) in [5.74, 6) is 4.71. The monoisotopic (exact) mass is 583 g/mol. The van der Waals surface area contributed by atoms with Gasteiger partial charge in [0, 0.05) is 38.2 Å². The van der Waals surface area contributed by atoms with Crippen molar-refractivity contribution in [3.05, 3.63) is 64.3 Å². The quantitative estimate of drug-likeness (QED) is 0.121. The van der Waals surface area contributed by atoms with Gasteiger partial charge in [-0.05, 0) is 36.5 Å². The number of anilines is 1. The maximum absolute atomic E-state index is 14.5. The molecular formula is C26H33F4N7O4. The highest BCUT2D eigenvalue weighted by Gasteiger charge is 2.31. The zero-order valence-electron chi connectivity index (χ0n) is 22.2. The molecule has 1 atom stereocenters. The van der Waals surface area contributed by atoms with Gasteiger partial charge >= 0.3 is 6.36 Å². The van der Waals surface area contributed by atoms with Crippen LogP contribution in [-0.4, -0.2) is 45.7 Å². The van der Waals surface area contributed by atoms with Crippen molar-refractivity contribution in [2.45, 2.75) is 64.1 Å². The molecule has 1 aromatic carbocycles. The number of amides is 2. The Labute approximate surface area is 233 Å². The summed E-state index contributed by atoms with van der Waals surface area (Å²) in [4.78, 5) is 36.7. The van der Waals surface area contributed by atoms with Crippen LogP contribution in [0.3, 0.4) is 0 Å². The van der Waals surface area contributed by atoms with Gasteiger partial charge in [0.1, 0.15) is 17.6 Å². The summed E-state index contributed by atoms with van der Waals surface area (Å²) in [5, 5.41) is 9.95. The molecular weight excluding hydrogens is 550 g/mol. The first-order valence-corrected chi connectivity index (χ1v) is 13.0. The Kier molecular flexibility index (Phi) is 11.1.